The maximum Gasteiger partial charge on any atom is 1.00 e. The summed E-state index contributed by atoms with van der Waals surface area (Å²) in [5.41, 5.74) is 2.06. The first kappa shape index (κ1) is 25.0. The van der Waals surface area contributed by atoms with Crippen LogP contribution >= 0.6 is 0 Å². The zero-order valence-electron chi connectivity index (χ0n) is 18.0. The molecule has 1 saturated carbocycles. The second kappa shape index (κ2) is 11.4. The average Bonchev–Trinajstić information content (AvgIpc) is 3.19. The van der Waals surface area contributed by atoms with Crippen LogP contribution in [0.15, 0.2) is 30.4 Å². The summed E-state index contributed by atoms with van der Waals surface area (Å²) in [6.07, 6.45) is 4.80. The minimum absolute atomic E-state index is 0. The first-order chi connectivity index (χ1) is 13.9. The van der Waals surface area contributed by atoms with Crippen molar-refractivity contribution in [3.63, 3.8) is 0 Å². The number of hydrogen-bond donors (Lipinski definition) is 2. The number of carbonyl (C=O) groups is 1. The van der Waals surface area contributed by atoms with Crippen molar-refractivity contribution in [3.8, 4) is 17.6 Å². The van der Waals surface area contributed by atoms with Gasteiger partial charge < -0.3 is 24.9 Å². The second-order valence-electron chi connectivity index (χ2n) is 8.11. The third-order valence-corrected chi connectivity index (χ3v) is 6.03. The van der Waals surface area contributed by atoms with E-state index < -0.39 is 18.2 Å². The average molecular weight is 420 g/mol. The van der Waals surface area contributed by atoms with Crippen LogP contribution in [0.5, 0.6) is 5.75 Å². The number of aliphatic hydroxyl groups is 2. The van der Waals surface area contributed by atoms with Crippen molar-refractivity contribution in [3.05, 3.63) is 41.5 Å². The van der Waals surface area contributed by atoms with E-state index in [1.807, 2.05) is 31.2 Å². The number of rotatable bonds is 8. The molecule has 1 fully saturated rings. The summed E-state index contributed by atoms with van der Waals surface area (Å²) in [5.74, 6) is 5.56. The molecule has 5 nitrogen and oxygen atoms in total. The van der Waals surface area contributed by atoms with Gasteiger partial charge in [0, 0.05) is 36.2 Å². The number of para-hydroxylation sites is 1. The monoisotopic (exact) mass is 420 g/mol. The minimum Gasteiger partial charge on any atom is -0.550 e. The van der Waals surface area contributed by atoms with Gasteiger partial charge in [-0.15, -0.1) is 11.8 Å². The molecule has 0 amide bonds. The number of aliphatic carboxylic acids is 1. The number of carboxylic acid groups (broad SMARTS) is 1. The van der Waals surface area contributed by atoms with Crippen molar-refractivity contribution >= 4 is 5.97 Å². The summed E-state index contributed by atoms with van der Waals surface area (Å²) < 4.78 is 6.19. The molecule has 1 aromatic carbocycles. The molecule has 2 aliphatic rings. The number of aryl methyl sites for hydroxylation is 1. The molecule has 0 unspecified atom stereocenters. The van der Waals surface area contributed by atoms with Gasteiger partial charge in [0.2, 0.25) is 0 Å². The Labute approximate surface area is 200 Å². The van der Waals surface area contributed by atoms with Crippen LogP contribution < -0.4 is 39.4 Å². The van der Waals surface area contributed by atoms with Crippen molar-refractivity contribution in [2.45, 2.75) is 70.2 Å². The molecule has 1 heterocycles. The predicted octanol–water partition coefficient (Wildman–Crippen LogP) is -1.04. The van der Waals surface area contributed by atoms with E-state index in [1.165, 1.54) is 0 Å². The van der Waals surface area contributed by atoms with Crippen molar-refractivity contribution in [1.82, 2.24) is 0 Å². The van der Waals surface area contributed by atoms with Gasteiger partial charge in [-0.3, -0.25) is 0 Å². The van der Waals surface area contributed by atoms with Gasteiger partial charge >= 0.3 is 29.6 Å². The maximum atomic E-state index is 10.7. The molecule has 0 bridgehead atoms. The van der Waals surface area contributed by atoms with E-state index in [2.05, 4.69) is 11.8 Å². The Balaban J connectivity index is 0.00000320. The molecule has 156 valence electrons. The molecule has 6 heteroatoms. The molecule has 1 aliphatic carbocycles. The Morgan fingerprint density at radius 1 is 1.43 bits per heavy atom. The zero-order chi connectivity index (χ0) is 21.0. The van der Waals surface area contributed by atoms with E-state index in [-0.39, 0.29) is 59.8 Å². The number of carboxylic acids is 1. The number of hydrogen-bond acceptors (Lipinski definition) is 5. The molecule has 0 spiro atoms. The minimum atomic E-state index is -1.04. The topological polar surface area (TPSA) is 89.8 Å². The van der Waals surface area contributed by atoms with Crippen molar-refractivity contribution in [2.24, 2.45) is 11.8 Å². The number of benzene rings is 1. The van der Waals surface area contributed by atoms with E-state index in [9.17, 15) is 20.1 Å². The van der Waals surface area contributed by atoms with Gasteiger partial charge in [0.05, 0.1) is 12.2 Å². The summed E-state index contributed by atoms with van der Waals surface area (Å²) in [6, 6.07) is 5.96. The predicted molar refractivity (Wildman–Crippen MR) is 108 cm³/mol. The van der Waals surface area contributed by atoms with Crippen molar-refractivity contribution < 1.29 is 54.4 Å². The van der Waals surface area contributed by atoms with Crippen LogP contribution in [0.4, 0.5) is 0 Å². The molecule has 1 aromatic rings. The third kappa shape index (κ3) is 5.69. The standard InChI is InChI=1S/C24H30O5.Na/c1-3-4-7-15(2)19(25)13-12-17-20(26)14-21-23(17)18-10-5-8-16(24(18)29-21)9-6-11-22(27)28;/h5,8,10,12-13,15,17,19-21,23,25-26H,6-7,9,11,14H2,1-2H3,(H,27,28);/q;+1/p-1/b13-12+;/t15-,17-,19-,20+,21-,23-;/m0./s1. The van der Waals surface area contributed by atoms with Crippen LogP contribution in [-0.2, 0) is 11.2 Å². The second-order valence-corrected chi connectivity index (χ2v) is 8.11. The summed E-state index contributed by atoms with van der Waals surface area (Å²) in [5, 5.41) is 31.7. The van der Waals surface area contributed by atoms with Crippen LogP contribution in [0.2, 0.25) is 0 Å². The Kier molecular flexibility index (Phi) is 9.46. The summed E-state index contributed by atoms with van der Waals surface area (Å²) in [7, 11) is 0. The first-order valence-electron chi connectivity index (χ1n) is 10.3. The van der Waals surface area contributed by atoms with Gasteiger partial charge in [-0.05, 0) is 37.7 Å². The molecule has 30 heavy (non-hydrogen) atoms. The smallest absolute Gasteiger partial charge is 0.550 e. The molecular formula is C24H29NaO5. The summed E-state index contributed by atoms with van der Waals surface area (Å²) in [6.45, 7) is 3.74. The number of aliphatic hydroxyl groups excluding tert-OH is 2. The van der Waals surface area contributed by atoms with Crippen LogP contribution in [-0.4, -0.2) is 34.5 Å². The number of carbonyl (C=O) groups excluding carboxylic acids is 1. The van der Waals surface area contributed by atoms with Crippen LogP contribution in [0.1, 0.15) is 56.6 Å². The molecular weight excluding hydrogens is 391 g/mol. The molecule has 6 atom stereocenters. The molecule has 0 aromatic heterocycles. The van der Waals surface area contributed by atoms with E-state index >= 15 is 0 Å². The number of ether oxygens (including phenoxy) is 1. The Bertz CT molecular complexity index is 825. The zero-order valence-corrected chi connectivity index (χ0v) is 20.0. The Hall–Kier alpha value is -1.29. The van der Waals surface area contributed by atoms with E-state index in [1.54, 1.807) is 13.0 Å². The van der Waals surface area contributed by atoms with Gasteiger partial charge in [0.1, 0.15) is 11.9 Å². The Morgan fingerprint density at radius 2 is 2.20 bits per heavy atom. The van der Waals surface area contributed by atoms with Gasteiger partial charge in [-0.1, -0.05) is 37.3 Å². The maximum absolute atomic E-state index is 10.7. The van der Waals surface area contributed by atoms with E-state index in [0.29, 0.717) is 25.7 Å². The Morgan fingerprint density at radius 3 is 2.90 bits per heavy atom. The van der Waals surface area contributed by atoms with E-state index in [0.717, 1.165) is 16.9 Å². The molecule has 0 radical (unpaired) electrons. The first-order valence-corrected chi connectivity index (χ1v) is 10.3. The molecule has 1 aliphatic heterocycles. The fourth-order valence-corrected chi connectivity index (χ4v) is 4.40. The summed E-state index contributed by atoms with van der Waals surface area (Å²) in [4.78, 5) is 10.7. The van der Waals surface area contributed by atoms with Gasteiger partial charge in [0.15, 0.2) is 0 Å². The SMILES string of the molecule is CC#CC[C@H](C)[C@@H](O)/C=C/[C@@H]1[C@H]2c3cccc(CCCC(=O)[O-])c3O[C@H]2C[C@H]1O.[Na+]. The molecule has 3 rings (SSSR count). The normalized spacial score (nSPS) is 26.0. The van der Waals surface area contributed by atoms with Crippen LogP contribution in [0, 0.1) is 23.7 Å². The molecule has 2 N–H and O–H groups in total. The van der Waals surface area contributed by atoms with E-state index in [4.69, 9.17) is 4.74 Å². The quantitative estimate of drug-likeness (QED) is 0.319. The molecule has 0 saturated heterocycles. The van der Waals surface area contributed by atoms with Crippen LogP contribution in [0.25, 0.3) is 0 Å². The van der Waals surface area contributed by atoms with Gasteiger partial charge in [-0.2, -0.15) is 0 Å². The summed E-state index contributed by atoms with van der Waals surface area (Å²) >= 11 is 0. The largest absolute Gasteiger partial charge is 1.00 e. The van der Waals surface area contributed by atoms with Gasteiger partial charge in [0.25, 0.3) is 0 Å². The third-order valence-electron chi connectivity index (χ3n) is 6.03. The van der Waals surface area contributed by atoms with Crippen LogP contribution in [0.3, 0.4) is 0 Å². The van der Waals surface area contributed by atoms with Gasteiger partial charge in [-0.25, -0.2) is 0 Å². The fraction of sp³-hybridized carbons (Fsp3) is 0.542. The van der Waals surface area contributed by atoms with Crippen molar-refractivity contribution in [1.29, 1.82) is 0 Å². The van der Waals surface area contributed by atoms with Crippen molar-refractivity contribution in [2.75, 3.05) is 0 Å². The fourth-order valence-electron chi connectivity index (χ4n) is 4.40. The number of fused-ring (bicyclic) bond motifs is 3.